The van der Waals surface area contributed by atoms with E-state index in [4.69, 9.17) is 15.0 Å². The van der Waals surface area contributed by atoms with E-state index in [1.807, 2.05) is 60.7 Å². The van der Waals surface area contributed by atoms with Gasteiger partial charge in [-0.05, 0) is 87.2 Å². The zero-order valence-electron chi connectivity index (χ0n) is 31.0. The van der Waals surface area contributed by atoms with Gasteiger partial charge in [0.2, 0.25) is 0 Å². The highest BCUT2D eigenvalue weighted by molar-refractivity contribution is 6.05. The number of hydrogen-bond acceptors (Lipinski definition) is 4. The maximum Gasteiger partial charge on any atom is 0.164 e. The summed E-state index contributed by atoms with van der Waals surface area (Å²) in [6.07, 6.45) is 10.1. The van der Waals surface area contributed by atoms with E-state index in [0.717, 1.165) is 35.1 Å². The van der Waals surface area contributed by atoms with E-state index in [1.165, 1.54) is 69.0 Å². The van der Waals surface area contributed by atoms with Crippen molar-refractivity contribution in [2.24, 2.45) is 0 Å². The van der Waals surface area contributed by atoms with Crippen molar-refractivity contribution >= 4 is 16.3 Å². The zero-order chi connectivity index (χ0) is 37.4. The van der Waals surface area contributed by atoms with Crippen molar-refractivity contribution < 1.29 is 0 Å². The Hall–Kier alpha value is -6.70. The topological polar surface area (TPSA) is 62.5 Å². The molecule has 0 unspecified atom stereocenters. The Bertz CT molecular complexity index is 2630. The number of benzene rings is 6. The number of nitriles is 1. The summed E-state index contributed by atoms with van der Waals surface area (Å²) in [5.74, 6) is 1.94. The molecule has 7 aromatic rings. The third-order valence-electron chi connectivity index (χ3n) is 11.5. The predicted molar refractivity (Wildman–Crippen MR) is 226 cm³/mol. The summed E-state index contributed by atoms with van der Waals surface area (Å²) in [4.78, 5) is 14.7. The van der Waals surface area contributed by atoms with Gasteiger partial charge in [0.25, 0.3) is 0 Å². The average molecular weight is 709 g/mol. The molecule has 0 atom stereocenters. The van der Waals surface area contributed by atoms with Crippen molar-refractivity contribution in [3.63, 3.8) is 0 Å². The average Bonchev–Trinajstić information content (AvgIpc) is 3.50. The van der Waals surface area contributed by atoms with Crippen LogP contribution in [0.3, 0.4) is 0 Å². The first-order valence-corrected chi connectivity index (χ1v) is 19.2. The molecule has 1 aromatic heterocycles. The fourth-order valence-electron chi connectivity index (χ4n) is 8.86. The molecular formula is C51H40N4. The highest BCUT2D eigenvalue weighted by Gasteiger charge is 2.45. The van der Waals surface area contributed by atoms with E-state index >= 15 is 0 Å². The predicted octanol–water partition coefficient (Wildman–Crippen LogP) is 13.0. The number of rotatable bonds is 6. The van der Waals surface area contributed by atoms with Gasteiger partial charge in [-0.3, -0.25) is 0 Å². The molecule has 6 aromatic carbocycles. The van der Waals surface area contributed by atoms with Gasteiger partial charge < -0.3 is 0 Å². The van der Waals surface area contributed by atoms with E-state index in [2.05, 4.69) is 111 Å². The Morgan fingerprint density at radius 1 is 0.582 bits per heavy atom. The summed E-state index contributed by atoms with van der Waals surface area (Å²) in [7, 11) is 0. The SMILES string of the molecule is C=C(C#N)/C=C1\C(=C/C)c2ccc(-c3ccc(-c4ccc(-c5nc(-c6ccccc6)nc(-c6ccccc6)n5)cc4)c4ccccc34)cc2C12CCCCC2. The first-order valence-electron chi connectivity index (χ1n) is 19.2. The van der Waals surface area contributed by atoms with Gasteiger partial charge in [0.1, 0.15) is 0 Å². The lowest BCUT2D eigenvalue weighted by Gasteiger charge is -2.36. The standard InChI is InChI=1S/C51H40N4/c1-3-40-45-26-25-39(32-47(45)51(29-13-6-14-30-51)46(40)31-34(2)33-52)42-28-27-41(43-19-11-12-20-44(42)43)35-21-23-38(24-22-35)50-54-48(36-15-7-4-8-16-36)53-49(55-50)37-17-9-5-10-18-37/h3-5,7-12,15-28,31-32H,2,6,13-14,29-30H2,1H3/b40-3-,46-31+. The summed E-state index contributed by atoms with van der Waals surface area (Å²) < 4.78 is 0. The number of fused-ring (bicyclic) bond motifs is 3. The van der Waals surface area contributed by atoms with Crippen molar-refractivity contribution in [3.8, 4) is 62.5 Å². The highest BCUT2D eigenvalue weighted by Crippen LogP contribution is 2.57. The molecule has 4 heteroatoms. The number of nitrogens with zero attached hydrogens (tertiary/aromatic N) is 4. The lowest BCUT2D eigenvalue weighted by Crippen LogP contribution is -2.28. The number of aromatic nitrogens is 3. The van der Waals surface area contributed by atoms with Crippen molar-refractivity contribution in [1.82, 2.24) is 15.0 Å². The van der Waals surface area contributed by atoms with Gasteiger partial charge in [-0.25, -0.2) is 15.0 Å². The van der Waals surface area contributed by atoms with Crippen LogP contribution in [0, 0.1) is 11.3 Å². The zero-order valence-corrected chi connectivity index (χ0v) is 31.0. The minimum atomic E-state index is -0.0923. The van der Waals surface area contributed by atoms with E-state index in [-0.39, 0.29) is 5.41 Å². The summed E-state index contributed by atoms with van der Waals surface area (Å²) in [5, 5.41) is 12.1. The quantitative estimate of drug-likeness (QED) is 0.161. The van der Waals surface area contributed by atoms with Gasteiger partial charge in [-0.15, -0.1) is 0 Å². The third kappa shape index (κ3) is 6.08. The van der Waals surface area contributed by atoms with Crippen molar-refractivity contribution in [3.05, 3.63) is 181 Å². The van der Waals surface area contributed by atoms with Crippen LogP contribution in [0.2, 0.25) is 0 Å². The second-order valence-corrected chi connectivity index (χ2v) is 14.6. The molecule has 0 amide bonds. The minimum Gasteiger partial charge on any atom is -0.208 e. The Kier molecular flexibility index (Phi) is 8.84. The molecule has 0 N–H and O–H groups in total. The molecule has 9 rings (SSSR count). The molecule has 0 bridgehead atoms. The maximum atomic E-state index is 9.70. The number of allylic oxidation sites excluding steroid dienone is 5. The Balaban J connectivity index is 1.11. The van der Waals surface area contributed by atoms with E-state index in [9.17, 15) is 5.26 Å². The highest BCUT2D eigenvalue weighted by atomic mass is 15.0. The molecular weight excluding hydrogens is 669 g/mol. The van der Waals surface area contributed by atoms with Crippen LogP contribution < -0.4 is 0 Å². The molecule has 0 aliphatic heterocycles. The third-order valence-corrected chi connectivity index (χ3v) is 11.5. The molecule has 2 aliphatic carbocycles. The van der Waals surface area contributed by atoms with E-state index in [0.29, 0.717) is 23.0 Å². The molecule has 264 valence electrons. The van der Waals surface area contributed by atoms with Crippen LogP contribution in [0.15, 0.2) is 169 Å². The van der Waals surface area contributed by atoms with Crippen LogP contribution in [0.5, 0.6) is 0 Å². The molecule has 1 fully saturated rings. The van der Waals surface area contributed by atoms with Crippen LogP contribution >= 0.6 is 0 Å². The van der Waals surface area contributed by atoms with Crippen LogP contribution in [0.25, 0.3) is 72.8 Å². The molecule has 0 radical (unpaired) electrons. The van der Waals surface area contributed by atoms with E-state index in [1.54, 1.807) is 0 Å². The second kappa shape index (κ2) is 14.3. The van der Waals surface area contributed by atoms with Crippen molar-refractivity contribution in [1.29, 1.82) is 5.26 Å². The normalized spacial score (nSPS) is 16.0. The summed E-state index contributed by atoms with van der Waals surface area (Å²) in [6.45, 7) is 6.17. The summed E-state index contributed by atoms with van der Waals surface area (Å²) >= 11 is 0. The van der Waals surface area contributed by atoms with Crippen LogP contribution in [0.1, 0.15) is 50.2 Å². The van der Waals surface area contributed by atoms with Gasteiger partial charge in [-0.1, -0.05) is 165 Å². The fourth-order valence-corrected chi connectivity index (χ4v) is 8.86. The molecule has 1 spiro atoms. The molecule has 0 saturated heterocycles. The molecule has 1 saturated carbocycles. The van der Waals surface area contributed by atoms with Crippen molar-refractivity contribution in [2.45, 2.75) is 44.4 Å². The second-order valence-electron chi connectivity index (χ2n) is 14.6. The Labute approximate surface area is 322 Å². The molecule has 55 heavy (non-hydrogen) atoms. The Morgan fingerprint density at radius 2 is 1.05 bits per heavy atom. The first-order chi connectivity index (χ1) is 27.1. The minimum absolute atomic E-state index is 0.0923. The largest absolute Gasteiger partial charge is 0.208 e. The van der Waals surface area contributed by atoms with Crippen molar-refractivity contribution in [2.75, 3.05) is 0 Å². The molecule has 1 heterocycles. The summed E-state index contributed by atoms with van der Waals surface area (Å²) in [6, 6.07) is 51.3. The maximum absolute atomic E-state index is 9.70. The van der Waals surface area contributed by atoms with Gasteiger partial charge in [0.05, 0.1) is 6.07 Å². The molecule has 4 nitrogen and oxygen atoms in total. The van der Waals surface area contributed by atoms with Gasteiger partial charge in [-0.2, -0.15) is 5.26 Å². The van der Waals surface area contributed by atoms with Gasteiger partial charge in [0.15, 0.2) is 17.5 Å². The van der Waals surface area contributed by atoms with Gasteiger partial charge >= 0.3 is 0 Å². The van der Waals surface area contributed by atoms with Crippen LogP contribution in [-0.4, -0.2) is 15.0 Å². The molecule has 2 aliphatic rings. The van der Waals surface area contributed by atoms with Crippen LogP contribution in [0.4, 0.5) is 0 Å². The van der Waals surface area contributed by atoms with E-state index < -0.39 is 0 Å². The first kappa shape index (κ1) is 34.1. The lowest BCUT2D eigenvalue weighted by molar-refractivity contribution is 0.353. The summed E-state index contributed by atoms with van der Waals surface area (Å²) in [5.41, 5.74) is 13.2. The Morgan fingerprint density at radius 3 is 1.60 bits per heavy atom. The monoisotopic (exact) mass is 708 g/mol. The lowest BCUT2D eigenvalue weighted by atomic mass is 9.67. The smallest absolute Gasteiger partial charge is 0.164 e. The fraction of sp³-hybridized carbons (Fsp3) is 0.137. The van der Waals surface area contributed by atoms with Gasteiger partial charge in [0, 0.05) is 27.7 Å². The number of hydrogen-bond donors (Lipinski definition) is 0. The van der Waals surface area contributed by atoms with Crippen LogP contribution in [-0.2, 0) is 5.41 Å².